The summed E-state index contributed by atoms with van der Waals surface area (Å²) >= 11 is 0. The second-order valence-corrected chi connectivity index (χ2v) is 5.73. The summed E-state index contributed by atoms with van der Waals surface area (Å²) in [5, 5.41) is 0. The smallest absolute Gasteiger partial charge is 0.127 e. The summed E-state index contributed by atoms with van der Waals surface area (Å²) in [6.07, 6.45) is 6.08. The summed E-state index contributed by atoms with van der Waals surface area (Å²) in [6, 6.07) is 0.388. The van der Waals surface area contributed by atoms with Crippen molar-refractivity contribution in [1.29, 1.82) is 0 Å². The van der Waals surface area contributed by atoms with Crippen LogP contribution in [0.5, 0.6) is 0 Å². The van der Waals surface area contributed by atoms with Crippen LogP contribution in [0.4, 0.5) is 5.82 Å². The van der Waals surface area contributed by atoms with Gasteiger partial charge >= 0.3 is 0 Å². The molecule has 1 aromatic rings. The van der Waals surface area contributed by atoms with Crippen molar-refractivity contribution in [1.82, 2.24) is 9.55 Å². The second kappa shape index (κ2) is 6.81. The van der Waals surface area contributed by atoms with Crippen LogP contribution in [0.15, 0.2) is 0 Å². The summed E-state index contributed by atoms with van der Waals surface area (Å²) < 4.78 is 2.19. The van der Waals surface area contributed by atoms with E-state index in [-0.39, 0.29) is 0 Å². The summed E-state index contributed by atoms with van der Waals surface area (Å²) in [6.45, 7) is 10.9. The molecule has 0 saturated carbocycles. The highest BCUT2D eigenvalue weighted by Gasteiger charge is 2.18. The van der Waals surface area contributed by atoms with E-state index in [1.807, 2.05) is 0 Å². The van der Waals surface area contributed by atoms with Crippen LogP contribution >= 0.6 is 0 Å². The quantitative estimate of drug-likeness (QED) is 0.735. The van der Waals surface area contributed by atoms with Gasteiger partial charge in [0.2, 0.25) is 0 Å². The van der Waals surface area contributed by atoms with Gasteiger partial charge in [0.05, 0.1) is 5.69 Å². The molecule has 1 rings (SSSR count). The number of imidazole rings is 1. The van der Waals surface area contributed by atoms with E-state index in [2.05, 4.69) is 39.2 Å². The Morgan fingerprint density at radius 2 is 1.78 bits per heavy atom. The predicted molar refractivity (Wildman–Crippen MR) is 79.0 cm³/mol. The number of hydrogen-bond acceptors (Lipinski definition) is 2. The zero-order valence-electron chi connectivity index (χ0n) is 12.7. The van der Waals surface area contributed by atoms with Crippen molar-refractivity contribution >= 4 is 5.82 Å². The minimum absolute atomic E-state index is 0.388. The average Bonchev–Trinajstić information content (AvgIpc) is 2.62. The van der Waals surface area contributed by atoms with Crippen molar-refractivity contribution in [3.63, 3.8) is 0 Å². The van der Waals surface area contributed by atoms with Crippen LogP contribution in [0.2, 0.25) is 0 Å². The Morgan fingerprint density at radius 1 is 1.11 bits per heavy atom. The van der Waals surface area contributed by atoms with Gasteiger partial charge in [0, 0.05) is 12.0 Å². The lowest BCUT2D eigenvalue weighted by Gasteiger charge is -2.15. The Kier molecular flexibility index (Phi) is 5.70. The van der Waals surface area contributed by atoms with Crippen molar-refractivity contribution in [2.24, 2.45) is 0 Å². The first-order valence-electron chi connectivity index (χ1n) is 7.35. The van der Waals surface area contributed by atoms with Crippen LogP contribution < -0.4 is 5.73 Å². The van der Waals surface area contributed by atoms with Gasteiger partial charge in [-0.25, -0.2) is 4.98 Å². The van der Waals surface area contributed by atoms with Crippen LogP contribution in [0.3, 0.4) is 0 Å². The van der Waals surface area contributed by atoms with Gasteiger partial charge in [-0.3, -0.25) is 0 Å². The number of rotatable bonds is 7. The molecule has 0 fully saturated rings. The Bertz CT molecular complexity index is 364. The van der Waals surface area contributed by atoms with Gasteiger partial charge in [-0.1, -0.05) is 40.0 Å². The minimum atomic E-state index is 0.388. The predicted octanol–water partition coefficient (Wildman–Crippen LogP) is 4.29. The Labute approximate surface area is 112 Å². The molecule has 0 saturated heterocycles. The number of nitrogens with two attached hydrogens (primary N) is 1. The Morgan fingerprint density at radius 3 is 2.22 bits per heavy atom. The number of unbranched alkanes of at least 4 members (excludes halogenated alkanes) is 3. The summed E-state index contributed by atoms with van der Waals surface area (Å²) in [4.78, 5) is 4.77. The molecule has 0 aliphatic heterocycles. The maximum Gasteiger partial charge on any atom is 0.127 e. The van der Waals surface area contributed by atoms with Crippen molar-refractivity contribution in [3.8, 4) is 0 Å². The molecule has 2 N–H and O–H groups in total. The molecule has 0 aromatic carbocycles. The fourth-order valence-electron chi connectivity index (χ4n) is 2.37. The first-order chi connectivity index (χ1) is 8.49. The van der Waals surface area contributed by atoms with Crippen molar-refractivity contribution in [3.05, 3.63) is 11.5 Å². The highest BCUT2D eigenvalue weighted by Crippen LogP contribution is 2.26. The van der Waals surface area contributed by atoms with E-state index in [9.17, 15) is 0 Å². The average molecular weight is 251 g/mol. The van der Waals surface area contributed by atoms with E-state index in [1.54, 1.807) is 0 Å². The first-order valence-corrected chi connectivity index (χ1v) is 7.35. The molecular weight excluding hydrogens is 222 g/mol. The standard InChI is InChI=1S/C15H29N3/c1-6-7-8-9-10-13-14(16)18(12(4)5)15(17-13)11(2)3/h11-12H,6-10,16H2,1-5H3. The lowest BCUT2D eigenvalue weighted by atomic mass is 10.1. The zero-order valence-corrected chi connectivity index (χ0v) is 12.7. The van der Waals surface area contributed by atoms with Crippen LogP contribution in [0.25, 0.3) is 0 Å². The van der Waals surface area contributed by atoms with Gasteiger partial charge in [-0.2, -0.15) is 0 Å². The number of hydrogen-bond donors (Lipinski definition) is 1. The van der Waals surface area contributed by atoms with E-state index in [4.69, 9.17) is 10.7 Å². The van der Waals surface area contributed by atoms with Crippen LogP contribution in [0, 0.1) is 0 Å². The second-order valence-electron chi connectivity index (χ2n) is 5.73. The monoisotopic (exact) mass is 251 g/mol. The third kappa shape index (κ3) is 3.50. The molecule has 104 valence electrons. The molecule has 0 spiro atoms. The third-order valence-electron chi connectivity index (χ3n) is 3.35. The molecule has 0 bridgehead atoms. The van der Waals surface area contributed by atoms with Crippen LogP contribution in [-0.2, 0) is 6.42 Å². The van der Waals surface area contributed by atoms with E-state index < -0.39 is 0 Å². The van der Waals surface area contributed by atoms with E-state index >= 15 is 0 Å². The molecule has 0 aliphatic carbocycles. The SMILES string of the molecule is CCCCCCc1nc(C(C)C)n(C(C)C)c1N. The number of nitrogens with zero attached hydrogens (tertiary/aromatic N) is 2. The van der Waals surface area contributed by atoms with E-state index in [0.29, 0.717) is 12.0 Å². The zero-order chi connectivity index (χ0) is 13.7. The fraction of sp³-hybridized carbons (Fsp3) is 0.800. The number of aryl methyl sites for hydroxylation is 1. The number of nitrogen functional groups attached to an aromatic ring is 1. The molecule has 18 heavy (non-hydrogen) atoms. The van der Waals surface area contributed by atoms with Gasteiger partial charge in [-0.15, -0.1) is 0 Å². The van der Waals surface area contributed by atoms with E-state index in [0.717, 1.165) is 23.8 Å². The normalized spacial score (nSPS) is 11.7. The molecule has 1 aromatic heterocycles. The molecule has 1 heterocycles. The fourth-order valence-corrected chi connectivity index (χ4v) is 2.37. The van der Waals surface area contributed by atoms with Crippen molar-refractivity contribution in [2.45, 2.75) is 78.7 Å². The molecule has 3 heteroatoms. The van der Waals surface area contributed by atoms with Crippen molar-refractivity contribution in [2.75, 3.05) is 5.73 Å². The lowest BCUT2D eigenvalue weighted by molar-refractivity contribution is 0.556. The van der Waals surface area contributed by atoms with Crippen LogP contribution in [-0.4, -0.2) is 9.55 Å². The molecule has 0 aliphatic rings. The number of aromatic nitrogens is 2. The van der Waals surface area contributed by atoms with Crippen LogP contribution in [0.1, 0.15) is 83.8 Å². The van der Waals surface area contributed by atoms with Crippen molar-refractivity contribution < 1.29 is 0 Å². The minimum Gasteiger partial charge on any atom is -0.384 e. The van der Waals surface area contributed by atoms with Gasteiger partial charge in [-0.05, 0) is 26.7 Å². The molecule has 0 unspecified atom stereocenters. The third-order valence-corrected chi connectivity index (χ3v) is 3.35. The topological polar surface area (TPSA) is 43.8 Å². The maximum atomic E-state index is 6.26. The first kappa shape index (κ1) is 15.1. The van der Waals surface area contributed by atoms with E-state index in [1.165, 1.54) is 25.7 Å². The largest absolute Gasteiger partial charge is 0.384 e. The molecular formula is C15H29N3. The summed E-state index contributed by atoms with van der Waals surface area (Å²) in [5.41, 5.74) is 7.36. The lowest BCUT2D eigenvalue weighted by Crippen LogP contribution is -2.10. The highest BCUT2D eigenvalue weighted by molar-refractivity contribution is 5.39. The summed E-state index contributed by atoms with van der Waals surface area (Å²) in [5.74, 6) is 2.44. The van der Waals surface area contributed by atoms with Gasteiger partial charge in [0.25, 0.3) is 0 Å². The maximum absolute atomic E-state index is 6.26. The van der Waals surface area contributed by atoms with Gasteiger partial charge in [0.15, 0.2) is 0 Å². The Hall–Kier alpha value is -0.990. The molecule has 0 radical (unpaired) electrons. The molecule has 0 atom stereocenters. The Balaban J connectivity index is 2.83. The van der Waals surface area contributed by atoms with Gasteiger partial charge < -0.3 is 10.3 Å². The highest BCUT2D eigenvalue weighted by atomic mass is 15.2. The molecule has 0 amide bonds. The van der Waals surface area contributed by atoms with Gasteiger partial charge in [0.1, 0.15) is 11.6 Å². The summed E-state index contributed by atoms with van der Waals surface area (Å²) in [7, 11) is 0. The molecule has 3 nitrogen and oxygen atoms in total. The number of anilines is 1.